The maximum absolute atomic E-state index is 13.0. The number of benzene rings is 1. The van der Waals surface area contributed by atoms with Crippen molar-refractivity contribution in [1.29, 1.82) is 0 Å². The number of aryl methyl sites for hydroxylation is 1. The van der Waals surface area contributed by atoms with E-state index in [1.54, 1.807) is 11.3 Å². The Balaban J connectivity index is 2.19. The van der Waals surface area contributed by atoms with Crippen LogP contribution in [0.15, 0.2) is 24.3 Å². The van der Waals surface area contributed by atoms with E-state index in [2.05, 4.69) is 5.32 Å². The van der Waals surface area contributed by atoms with Gasteiger partial charge in [-0.3, -0.25) is 0 Å². The molecule has 0 amide bonds. The zero-order chi connectivity index (χ0) is 13.3. The van der Waals surface area contributed by atoms with Gasteiger partial charge in [0.15, 0.2) is 17.5 Å². The molecule has 2 rings (SSSR count). The second-order valence-electron chi connectivity index (χ2n) is 4.07. The van der Waals surface area contributed by atoms with Crippen molar-refractivity contribution >= 4 is 17.0 Å². The molecule has 1 atom stereocenters. The molecule has 0 aliphatic rings. The fraction of sp³-hybridized carbons (Fsp3) is 0.231. The first kappa shape index (κ1) is 13.0. The minimum atomic E-state index is -1.44. The first-order valence-electron chi connectivity index (χ1n) is 5.45. The highest BCUT2D eigenvalue weighted by Gasteiger charge is 2.13. The summed E-state index contributed by atoms with van der Waals surface area (Å²) in [6.45, 7) is 3.86. The van der Waals surface area contributed by atoms with E-state index in [9.17, 15) is 13.2 Å². The third kappa shape index (κ3) is 2.67. The van der Waals surface area contributed by atoms with Gasteiger partial charge in [-0.2, -0.15) is 0 Å². The molecule has 0 saturated carbocycles. The summed E-state index contributed by atoms with van der Waals surface area (Å²) in [6.07, 6.45) is 0. The van der Waals surface area contributed by atoms with Gasteiger partial charge in [0.25, 0.3) is 0 Å². The Kier molecular flexibility index (Phi) is 3.61. The first-order chi connectivity index (χ1) is 8.47. The zero-order valence-corrected chi connectivity index (χ0v) is 10.7. The van der Waals surface area contributed by atoms with E-state index in [1.807, 2.05) is 26.0 Å². The molecule has 1 heterocycles. The van der Waals surface area contributed by atoms with E-state index in [4.69, 9.17) is 0 Å². The number of hydrogen-bond donors (Lipinski definition) is 1. The zero-order valence-electron chi connectivity index (χ0n) is 9.93. The quantitative estimate of drug-likeness (QED) is 0.801. The summed E-state index contributed by atoms with van der Waals surface area (Å²) in [4.78, 5) is 2.22. The van der Waals surface area contributed by atoms with Crippen molar-refractivity contribution in [3.63, 3.8) is 0 Å². The van der Waals surface area contributed by atoms with E-state index >= 15 is 0 Å². The van der Waals surface area contributed by atoms with Gasteiger partial charge in [-0.1, -0.05) is 0 Å². The minimum Gasteiger partial charge on any atom is -0.378 e. The van der Waals surface area contributed by atoms with Crippen LogP contribution in [-0.2, 0) is 0 Å². The highest BCUT2D eigenvalue weighted by Crippen LogP contribution is 2.27. The van der Waals surface area contributed by atoms with Crippen molar-refractivity contribution < 1.29 is 13.2 Å². The van der Waals surface area contributed by atoms with Crippen LogP contribution in [0.4, 0.5) is 18.9 Å². The number of rotatable bonds is 3. The fourth-order valence-corrected chi connectivity index (χ4v) is 2.53. The third-order valence-corrected chi connectivity index (χ3v) is 3.74. The molecule has 0 saturated heterocycles. The van der Waals surface area contributed by atoms with E-state index < -0.39 is 17.5 Å². The average molecular weight is 271 g/mol. The van der Waals surface area contributed by atoms with Crippen molar-refractivity contribution in [1.82, 2.24) is 0 Å². The molecular formula is C13H12F3NS. The van der Waals surface area contributed by atoms with Crippen LogP contribution in [0.3, 0.4) is 0 Å². The maximum Gasteiger partial charge on any atom is 0.194 e. The average Bonchev–Trinajstić information content (AvgIpc) is 2.72. The van der Waals surface area contributed by atoms with Crippen LogP contribution >= 0.6 is 11.3 Å². The van der Waals surface area contributed by atoms with E-state index in [1.165, 1.54) is 0 Å². The van der Waals surface area contributed by atoms with Gasteiger partial charge in [0.1, 0.15) is 0 Å². The lowest BCUT2D eigenvalue weighted by atomic mass is 10.2. The van der Waals surface area contributed by atoms with Crippen molar-refractivity contribution in [2.75, 3.05) is 5.32 Å². The Hall–Kier alpha value is -1.49. The van der Waals surface area contributed by atoms with E-state index in [-0.39, 0.29) is 11.7 Å². The smallest absolute Gasteiger partial charge is 0.194 e. The number of anilines is 1. The van der Waals surface area contributed by atoms with Crippen LogP contribution in [0.2, 0.25) is 0 Å². The standard InChI is InChI=1S/C13H12F3NS/c1-7-3-4-12(18-7)8(2)17-9-5-10(14)13(16)11(15)6-9/h3-6,8,17H,1-2H3. The summed E-state index contributed by atoms with van der Waals surface area (Å²) in [5.41, 5.74) is 0.227. The molecular weight excluding hydrogens is 259 g/mol. The minimum absolute atomic E-state index is 0.0899. The summed E-state index contributed by atoms with van der Waals surface area (Å²) in [5, 5.41) is 2.94. The summed E-state index contributed by atoms with van der Waals surface area (Å²) in [6, 6.07) is 5.75. The summed E-state index contributed by atoms with van der Waals surface area (Å²) < 4.78 is 38.9. The van der Waals surface area contributed by atoms with Crippen molar-refractivity contribution in [3.8, 4) is 0 Å². The van der Waals surface area contributed by atoms with Gasteiger partial charge in [0.2, 0.25) is 0 Å². The Morgan fingerprint density at radius 2 is 1.72 bits per heavy atom. The molecule has 0 bridgehead atoms. The fourth-order valence-electron chi connectivity index (χ4n) is 1.65. The highest BCUT2D eigenvalue weighted by molar-refractivity contribution is 7.12. The van der Waals surface area contributed by atoms with Crippen molar-refractivity contribution in [3.05, 3.63) is 51.5 Å². The number of halogens is 3. The molecule has 5 heteroatoms. The predicted molar refractivity (Wildman–Crippen MR) is 67.4 cm³/mol. The molecule has 1 aromatic heterocycles. The Labute approximate surface area is 107 Å². The lowest BCUT2D eigenvalue weighted by molar-refractivity contribution is 0.447. The molecule has 0 aliphatic heterocycles. The Bertz CT molecular complexity index is 542. The largest absolute Gasteiger partial charge is 0.378 e. The molecule has 1 unspecified atom stereocenters. The van der Waals surface area contributed by atoms with Gasteiger partial charge >= 0.3 is 0 Å². The predicted octanol–water partition coefficient (Wildman–Crippen LogP) is 4.65. The maximum atomic E-state index is 13.0. The van der Waals surface area contributed by atoms with Crippen LogP contribution < -0.4 is 5.32 Å². The summed E-state index contributed by atoms with van der Waals surface area (Å²) >= 11 is 1.60. The van der Waals surface area contributed by atoms with Crippen molar-refractivity contribution in [2.24, 2.45) is 0 Å². The molecule has 0 fully saturated rings. The monoisotopic (exact) mass is 271 g/mol. The molecule has 2 aromatic rings. The van der Waals surface area contributed by atoms with E-state index in [0.29, 0.717) is 0 Å². The molecule has 1 N–H and O–H groups in total. The molecule has 1 nitrogen and oxygen atoms in total. The van der Waals surface area contributed by atoms with E-state index in [0.717, 1.165) is 21.9 Å². The highest BCUT2D eigenvalue weighted by atomic mass is 32.1. The van der Waals surface area contributed by atoms with Crippen molar-refractivity contribution in [2.45, 2.75) is 19.9 Å². The second kappa shape index (κ2) is 5.02. The molecule has 1 aromatic carbocycles. The SMILES string of the molecule is Cc1ccc(C(C)Nc2cc(F)c(F)c(F)c2)s1. The van der Waals surface area contributed by atoms with Crippen LogP contribution in [-0.4, -0.2) is 0 Å². The Morgan fingerprint density at radius 3 is 2.22 bits per heavy atom. The van der Waals surface area contributed by atoms with Gasteiger partial charge in [-0.05, 0) is 26.0 Å². The normalized spacial score (nSPS) is 12.5. The molecule has 0 aliphatic carbocycles. The lowest BCUT2D eigenvalue weighted by Crippen LogP contribution is -2.06. The molecule has 18 heavy (non-hydrogen) atoms. The molecule has 96 valence electrons. The topological polar surface area (TPSA) is 12.0 Å². The first-order valence-corrected chi connectivity index (χ1v) is 6.26. The molecule has 0 radical (unpaired) electrons. The lowest BCUT2D eigenvalue weighted by Gasteiger charge is -2.14. The summed E-state index contributed by atoms with van der Waals surface area (Å²) in [5.74, 6) is -3.82. The van der Waals surface area contributed by atoms with Crippen LogP contribution in [0.5, 0.6) is 0 Å². The number of nitrogens with one attached hydrogen (secondary N) is 1. The molecule has 0 spiro atoms. The number of hydrogen-bond acceptors (Lipinski definition) is 2. The van der Waals surface area contributed by atoms with Gasteiger partial charge in [0.05, 0.1) is 6.04 Å². The van der Waals surface area contributed by atoms with Crippen LogP contribution in [0, 0.1) is 24.4 Å². The third-order valence-electron chi connectivity index (χ3n) is 2.55. The summed E-state index contributed by atoms with van der Waals surface area (Å²) in [7, 11) is 0. The van der Waals surface area contributed by atoms with Gasteiger partial charge < -0.3 is 5.32 Å². The van der Waals surface area contributed by atoms with Gasteiger partial charge in [-0.15, -0.1) is 11.3 Å². The van der Waals surface area contributed by atoms with Crippen LogP contribution in [0.1, 0.15) is 22.7 Å². The van der Waals surface area contributed by atoms with Crippen LogP contribution in [0.25, 0.3) is 0 Å². The van der Waals surface area contributed by atoms with Gasteiger partial charge in [0, 0.05) is 27.6 Å². The number of thiophene rings is 1. The second-order valence-corrected chi connectivity index (χ2v) is 5.39. The Morgan fingerprint density at radius 1 is 1.11 bits per heavy atom. The van der Waals surface area contributed by atoms with Gasteiger partial charge in [-0.25, -0.2) is 13.2 Å².